The zero-order valence-corrected chi connectivity index (χ0v) is 12.8. The van der Waals surface area contributed by atoms with E-state index in [1.165, 1.54) is 6.08 Å². The predicted octanol–water partition coefficient (Wildman–Crippen LogP) is 2.79. The predicted molar refractivity (Wildman–Crippen MR) is 84.5 cm³/mol. The van der Waals surface area contributed by atoms with Gasteiger partial charge in [0.1, 0.15) is 17.7 Å². The molecule has 1 aromatic heterocycles. The minimum atomic E-state index is 0.0153. The fourth-order valence-electron chi connectivity index (χ4n) is 2.05. The molecule has 23 heavy (non-hydrogen) atoms. The van der Waals surface area contributed by atoms with Gasteiger partial charge in [-0.15, -0.1) is 0 Å². The van der Waals surface area contributed by atoms with Crippen molar-refractivity contribution in [3.05, 3.63) is 48.1 Å². The zero-order chi connectivity index (χ0) is 16.5. The van der Waals surface area contributed by atoms with Crippen molar-refractivity contribution in [2.45, 2.75) is 13.0 Å². The number of rotatable bonds is 7. The Morgan fingerprint density at radius 2 is 2.17 bits per heavy atom. The first kappa shape index (κ1) is 16.1. The van der Waals surface area contributed by atoms with E-state index in [-0.39, 0.29) is 5.57 Å². The molecule has 2 aromatic rings. The van der Waals surface area contributed by atoms with E-state index in [0.717, 1.165) is 13.0 Å². The molecule has 0 bridgehead atoms. The van der Waals surface area contributed by atoms with Crippen LogP contribution in [-0.2, 0) is 6.54 Å². The average Bonchev–Trinajstić information content (AvgIpc) is 3.10. The summed E-state index contributed by atoms with van der Waals surface area (Å²) >= 11 is 0. The monoisotopic (exact) mass is 308 g/mol. The molecule has 0 aliphatic carbocycles. The molecule has 0 saturated heterocycles. The summed E-state index contributed by atoms with van der Waals surface area (Å²) in [4.78, 5) is 3.99. The van der Waals surface area contributed by atoms with Crippen molar-refractivity contribution in [2.24, 2.45) is 0 Å². The molecule has 6 heteroatoms. The highest BCUT2D eigenvalue weighted by molar-refractivity contribution is 5.68. The van der Waals surface area contributed by atoms with E-state index >= 15 is 0 Å². The smallest absolute Gasteiger partial charge is 0.168 e. The van der Waals surface area contributed by atoms with Gasteiger partial charge in [-0.3, -0.25) is 0 Å². The lowest BCUT2D eigenvalue weighted by Gasteiger charge is -2.13. The van der Waals surface area contributed by atoms with Crippen LogP contribution in [0.2, 0.25) is 0 Å². The van der Waals surface area contributed by atoms with E-state index in [2.05, 4.69) is 4.98 Å². The fraction of sp³-hybridized carbons (Fsp3) is 0.235. The fourth-order valence-corrected chi connectivity index (χ4v) is 2.05. The van der Waals surface area contributed by atoms with Crippen molar-refractivity contribution in [2.75, 3.05) is 13.7 Å². The maximum atomic E-state index is 8.90. The van der Waals surface area contributed by atoms with E-state index in [0.29, 0.717) is 23.7 Å². The highest BCUT2D eigenvalue weighted by Crippen LogP contribution is 2.32. The van der Waals surface area contributed by atoms with Crippen LogP contribution in [0, 0.1) is 22.7 Å². The molecule has 0 N–H and O–H groups in total. The largest absolute Gasteiger partial charge is 0.493 e. The molecule has 0 aliphatic rings. The van der Waals surface area contributed by atoms with Crippen molar-refractivity contribution >= 4 is 6.08 Å². The van der Waals surface area contributed by atoms with Gasteiger partial charge in [0.25, 0.3) is 0 Å². The maximum Gasteiger partial charge on any atom is 0.168 e. The molecular formula is C17H16N4O2. The number of aryl methyl sites for hydroxylation is 1. The Balaban J connectivity index is 2.11. The second-order valence-corrected chi connectivity index (χ2v) is 4.66. The van der Waals surface area contributed by atoms with Gasteiger partial charge in [-0.05, 0) is 18.6 Å². The van der Waals surface area contributed by atoms with Crippen LogP contribution in [0.15, 0.2) is 42.5 Å². The number of allylic oxidation sites excluding steroid dienone is 1. The van der Waals surface area contributed by atoms with Crippen molar-refractivity contribution in [3.8, 4) is 23.6 Å². The number of benzene rings is 1. The molecule has 0 fully saturated rings. The molecule has 0 aliphatic heterocycles. The Morgan fingerprint density at radius 3 is 2.83 bits per heavy atom. The van der Waals surface area contributed by atoms with Gasteiger partial charge in [-0.1, -0.05) is 12.1 Å². The van der Waals surface area contributed by atoms with Gasteiger partial charge in [0, 0.05) is 24.5 Å². The summed E-state index contributed by atoms with van der Waals surface area (Å²) in [5.74, 6) is 1.10. The Kier molecular flexibility index (Phi) is 5.79. The van der Waals surface area contributed by atoms with Crippen LogP contribution in [0.25, 0.3) is 6.08 Å². The Hall–Kier alpha value is -3.25. The molecule has 6 nitrogen and oxygen atoms in total. The molecule has 0 spiro atoms. The summed E-state index contributed by atoms with van der Waals surface area (Å²) in [6.07, 6.45) is 7.66. The van der Waals surface area contributed by atoms with E-state index in [1.807, 2.05) is 22.9 Å². The highest BCUT2D eigenvalue weighted by Gasteiger charge is 2.10. The number of hydrogen-bond donors (Lipinski definition) is 0. The van der Waals surface area contributed by atoms with E-state index in [4.69, 9.17) is 20.0 Å². The maximum absolute atomic E-state index is 8.90. The van der Waals surface area contributed by atoms with Gasteiger partial charge < -0.3 is 14.0 Å². The Morgan fingerprint density at radius 1 is 1.35 bits per heavy atom. The van der Waals surface area contributed by atoms with Crippen molar-refractivity contribution in [1.29, 1.82) is 10.5 Å². The first-order valence-corrected chi connectivity index (χ1v) is 7.06. The van der Waals surface area contributed by atoms with Crippen molar-refractivity contribution in [3.63, 3.8) is 0 Å². The number of aromatic nitrogens is 2. The van der Waals surface area contributed by atoms with Crippen molar-refractivity contribution in [1.82, 2.24) is 9.55 Å². The van der Waals surface area contributed by atoms with Gasteiger partial charge in [0.15, 0.2) is 11.5 Å². The quantitative estimate of drug-likeness (QED) is 0.580. The molecule has 0 atom stereocenters. The molecule has 2 rings (SSSR count). The zero-order valence-electron chi connectivity index (χ0n) is 12.8. The molecular weight excluding hydrogens is 292 g/mol. The molecule has 0 unspecified atom stereocenters. The lowest BCUT2D eigenvalue weighted by Crippen LogP contribution is -2.05. The number of hydrogen-bond acceptors (Lipinski definition) is 5. The standard InChI is InChI=1S/C17H16N4O2/c1-22-16-5-2-4-15(10-14(11-18)12-19)17(16)23-9-3-7-21-8-6-20-13-21/h2,4-6,8,10,13H,3,7,9H2,1H3. The van der Waals surface area contributed by atoms with Crippen LogP contribution in [0.1, 0.15) is 12.0 Å². The third kappa shape index (κ3) is 4.36. The number of nitrogens with zero attached hydrogens (tertiary/aromatic N) is 4. The summed E-state index contributed by atoms with van der Waals surface area (Å²) < 4.78 is 13.1. The first-order valence-electron chi connectivity index (χ1n) is 7.06. The Bertz CT molecular complexity index is 736. The van der Waals surface area contributed by atoms with E-state index < -0.39 is 0 Å². The number of imidazole rings is 1. The van der Waals surface area contributed by atoms with Crippen LogP contribution in [0.4, 0.5) is 0 Å². The van der Waals surface area contributed by atoms with Gasteiger partial charge in [-0.2, -0.15) is 10.5 Å². The van der Waals surface area contributed by atoms with Crippen LogP contribution < -0.4 is 9.47 Å². The highest BCUT2D eigenvalue weighted by atomic mass is 16.5. The van der Waals surface area contributed by atoms with Crippen LogP contribution in [-0.4, -0.2) is 23.3 Å². The summed E-state index contributed by atoms with van der Waals surface area (Å²) in [7, 11) is 1.55. The van der Waals surface area contributed by atoms with E-state index in [1.54, 1.807) is 37.8 Å². The lowest BCUT2D eigenvalue weighted by atomic mass is 10.1. The number of para-hydroxylation sites is 1. The number of nitriles is 2. The second kappa shape index (κ2) is 8.26. The summed E-state index contributed by atoms with van der Waals surface area (Å²) in [6.45, 7) is 1.27. The van der Waals surface area contributed by atoms with Crippen LogP contribution in [0.5, 0.6) is 11.5 Å². The average molecular weight is 308 g/mol. The second-order valence-electron chi connectivity index (χ2n) is 4.66. The minimum absolute atomic E-state index is 0.0153. The topological polar surface area (TPSA) is 83.9 Å². The third-order valence-corrected chi connectivity index (χ3v) is 3.14. The summed E-state index contributed by atoms with van der Waals surface area (Å²) in [6, 6.07) is 9.03. The van der Waals surface area contributed by atoms with Gasteiger partial charge in [0.05, 0.1) is 20.0 Å². The lowest BCUT2D eigenvalue weighted by molar-refractivity contribution is 0.282. The Labute approximate surface area is 134 Å². The molecule has 116 valence electrons. The first-order chi connectivity index (χ1) is 11.3. The van der Waals surface area contributed by atoms with Crippen molar-refractivity contribution < 1.29 is 9.47 Å². The van der Waals surface area contributed by atoms with Crippen LogP contribution >= 0.6 is 0 Å². The summed E-state index contributed by atoms with van der Waals surface area (Å²) in [5, 5.41) is 17.8. The number of methoxy groups -OCH3 is 1. The minimum Gasteiger partial charge on any atom is -0.493 e. The van der Waals surface area contributed by atoms with E-state index in [9.17, 15) is 0 Å². The third-order valence-electron chi connectivity index (χ3n) is 3.14. The van der Waals surface area contributed by atoms with Gasteiger partial charge in [-0.25, -0.2) is 4.98 Å². The molecule has 1 heterocycles. The molecule has 1 aromatic carbocycles. The number of ether oxygens (including phenoxy) is 2. The van der Waals surface area contributed by atoms with Crippen LogP contribution in [0.3, 0.4) is 0 Å². The normalized spacial score (nSPS) is 9.52. The molecule has 0 radical (unpaired) electrons. The van der Waals surface area contributed by atoms with Gasteiger partial charge in [0.2, 0.25) is 0 Å². The molecule has 0 saturated carbocycles. The SMILES string of the molecule is COc1cccc(C=C(C#N)C#N)c1OCCCn1ccnc1. The summed E-state index contributed by atoms with van der Waals surface area (Å²) in [5.41, 5.74) is 0.659. The molecule has 0 amide bonds. The van der Waals surface area contributed by atoms with Gasteiger partial charge >= 0.3 is 0 Å².